The quantitative estimate of drug-likeness (QED) is 0.483. The molecule has 2 aromatic rings. The van der Waals surface area contributed by atoms with E-state index < -0.39 is 26.7 Å². The fourth-order valence-corrected chi connectivity index (χ4v) is 3.90. The molecular formula is C18H22N4O5S. The van der Waals surface area contributed by atoms with Gasteiger partial charge in [-0.1, -0.05) is 30.3 Å². The number of nitro groups is 1. The minimum atomic E-state index is -4.03. The first kappa shape index (κ1) is 21.5. The monoisotopic (exact) mass is 406 g/mol. The van der Waals surface area contributed by atoms with E-state index in [1.807, 2.05) is 6.07 Å². The number of hydrogen-bond donors (Lipinski definition) is 2. The predicted octanol–water partition coefficient (Wildman–Crippen LogP) is 1.96. The highest BCUT2D eigenvalue weighted by Crippen LogP contribution is 2.25. The molecule has 3 N–H and O–H groups in total. The van der Waals surface area contributed by atoms with Gasteiger partial charge >= 0.3 is 0 Å². The van der Waals surface area contributed by atoms with Gasteiger partial charge in [-0.05, 0) is 31.0 Å². The Morgan fingerprint density at radius 3 is 2.43 bits per heavy atom. The molecule has 0 saturated carbocycles. The molecule has 2 aromatic carbocycles. The maximum absolute atomic E-state index is 12.6. The van der Waals surface area contributed by atoms with Crippen molar-refractivity contribution < 1.29 is 18.1 Å². The Morgan fingerprint density at radius 1 is 1.18 bits per heavy atom. The normalized spacial score (nSPS) is 12.5. The van der Waals surface area contributed by atoms with E-state index in [2.05, 4.69) is 5.32 Å². The Morgan fingerprint density at radius 2 is 1.79 bits per heavy atom. The molecule has 0 heterocycles. The Labute approximate surface area is 163 Å². The number of nitro benzene ring substituents is 1. The number of nitrogens with zero attached hydrogens (tertiary/aromatic N) is 2. The molecule has 0 aromatic heterocycles. The molecule has 0 radical (unpaired) electrons. The molecule has 0 aliphatic rings. The van der Waals surface area contributed by atoms with Crippen molar-refractivity contribution >= 4 is 27.3 Å². The number of hydrogen-bond acceptors (Lipinski definition) is 6. The molecule has 1 unspecified atom stereocenters. The van der Waals surface area contributed by atoms with Crippen LogP contribution < -0.4 is 11.1 Å². The van der Waals surface area contributed by atoms with E-state index in [4.69, 9.17) is 5.73 Å². The van der Waals surface area contributed by atoms with E-state index in [9.17, 15) is 23.3 Å². The van der Waals surface area contributed by atoms with E-state index in [1.54, 1.807) is 24.3 Å². The van der Waals surface area contributed by atoms with Crippen LogP contribution >= 0.6 is 0 Å². The molecule has 10 heteroatoms. The lowest BCUT2D eigenvalue weighted by atomic mass is 10.1. The molecule has 2 rings (SSSR count). The number of nitrogens with two attached hydrogens (primary N) is 1. The van der Waals surface area contributed by atoms with E-state index in [0.29, 0.717) is 12.1 Å². The maximum atomic E-state index is 12.6. The molecule has 1 atom stereocenters. The number of sulfonamides is 1. The van der Waals surface area contributed by atoms with Crippen molar-refractivity contribution in [1.29, 1.82) is 0 Å². The van der Waals surface area contributed by atoms with Gasteiger partial charge in [0.1, 0.15) is 0 Å². The second-order valence-electron chi connectivity index (χ2n) is 6.16. The molecule has 0 aliphatic heterocycles. The van der Waals surface area contributed by atoms with Crippen LogP contribution in [0.5, 0.6) is 0 Å². The van der Waals surface area contributed by atoms with Crippen LogP contribution in [0.3, 0.4) is 0 Å². The Bertz CT molecular complexity index is 934. The molecule has 0 spiro atoms. The molecule has 0 fully saturated rings. The minimum Gasteiger partial charge on any atom is -0.325 e. The lowest BCUT2D eigenvalue weighted by molar-refractivity contribution is -0.387. The van der Waals surface area contributed by atoms with E-state index in [0.717, 1.165) is 10.4 Å². The molecule has 0 bridgehead atoms. The van der Waals surface area contributed by atoms with Gasteiger partial charge in [0.05, 0.1) is 11.0 Å². The number of carbonyl (C=O) groups excluding carboxylic acids is 1. The summed E-state index contributed by atoms with van der Waals surface area (Å²) in [5, 5.41) is 13.8. The third-order valence-corrected chi connectivity index (χ3v) is 6.02. The van der Waals surface area contributed by atoms with E-state index in [-0.39, 0.29) is 23.8 Å². The van der Waals surface area contributed by atoms with Crippen LogP contribution in [-0.2, 0) is 14.8 Å². The zero-order valence-corrected chi connectivity index (χ0v) is 16.1. The van der Waals surface area contributed by atoms with Crippen molar-refractivity contribution in [2.24, 2.45) is 5.73 Å². The van der Waals surface area contributed by atoms with Crippen LogP contribution in [0, 0.1) is 10.1 Å². The summed E-state index contributed by atoms with van der Waals surface area (Å²) in [6, 6.07) is 13.2. The van der Waals surface area contributed by atoms with Gasteiger partial charge in [-0.3, -0.25) is 14.9 Å². The number of benzene rings is 2. The summed E-state index contributed by atoms with van der Waals surface area (Å²) in [6.07, 6.45) is 0.579. The van der Waals surface area contributed by atoms with Gasteiger partial charge in [0.2, 0.25) is 15.9 Å². The molecule has 150 valence electrons. The lowest BCUT2D eigenvalue weighted by Gasteiger charge is -2.18. The first-order chi connectivity index (χ1) is 13.2. The van der Waals surface area contributed by atoms with Gasteiger partial charge in [-0.2, -0.15) is 0 Å². The minimum absolute atomic E-state index is 0.0701. The van der Waals surface area contributed by atoms with Gasteiger partial charge < -0.3 is 11.1 Å². The Balaban J connectivity index is 1.93. The summed E-state index contributed by atoms with van der Waals surface area (Å²) in [4.78, 5) is 22.1. The summed E-state index contributed by atoms with van der Waals surface area (Å²) in [5.74, 6) is -0.365. The molecular weight excluding hydrogens is 384 g/mol. The summed E-state index contributed by atoms with van der Waals surface area (Å²) in [5.41, 5.74) is 6.01. The third kappa shape index (κ3) is 5.35. The highest BCUT2D eigenvalue weighted by atomic mass is 32.2. The largest absolute Gasteiger partial charge is 0.325 e. The Kier molecular flexibility index (Phi) is 7.21. The highest BCUT2D eigenvalue weighted by molar-refractivity contribution is 7.89. The second-order valence-corrected chi connectivity index (χ2v) is 8.17. The maximum Gasteiger partial charge on any atom is 0.289 e. The SMILES string of the molecule is CN(CCCC(N)C(=O)Nc1ccccc1)S(=O)(=O)c1ccccc1[N+](=O)[O-]. The van der Waals surface area contributed by atoms with Gasteiger partial charge in [0.25, 0.3) is 5.69 Å². The smallest absolute Gasteiger partial charge is 0.289 e. The van der Waals surface area contributed by atoms with Gasteiger partial charge in [-0.15, -0.1) is 0 Å². The topological polar surface area (TPSA) is 136 Å². The fraction of sp³-hybridized carbons (Fsp3) is 0.278. The zero-order chi connectivity index (χ0) is 20.7. The number of para-hydroxylation sites is 2. The second kappa shape index (κ2) is 9.40. The zero-order valence-electron chi connectivity index (χ0n) is 15.3. The van der Waals surface area contributed by atoms with Crippen LogP contribution in [0.1, 0.15) is 12.8 Å². The van der Waals surface area contributed by atoms with Gasteiger partial charge in [0.15, 0.2) is 4.90 Å². The molecule has 1 amide bonds. The van der Waals surface area contributed by atoms with Crippen molar-refractivity contribution in [2.75, 3.05) is 18.9 Å². The van der Waals surface area contributed by atoms with Crippen LogP contribution in [0.4, 0.5) is 11.4 Å². The van der Waals surface area contributed by atoms with E-state index >= 15 is 0 Å². The summed E-state index contributed by atoms with van der Waals surface area (Å²) in [7, 11) is -2.70. The van der Waals surface area contributed by atoms with Gasteiger partial charge in [0, 0.05) is 25.3 Å². The van der Waals surface area contributed by atoms with Crippen molar-refractivity contribution in [2.45, 2.75) is 23.8 Å². The van der Waals surface area contributed by atoms with Crippen molar-refractivity contribution in [3.8, 4) is 0 Å². The molecule has 28 heavy (non-hydrogen) atoms. The fourth-order valence-electron chi connectivity index (χ4n) is 2.54. The summed E-state index contributed by atoms with van der Waals surface area (Å²) in [6.45, 7) is 0.0701. The number of anilines is 1. The molecule has 0 saturated heterocycles. The Hall–Kier alpha value is -2.82. The first-order valence-corrected chi connectivity index (χ1v) is 9.98. The van der Waals surface area contributed by atoms with Gasteiger partial charge in [-0.25, -0.2) is 12.7 Å². The average Bonchev–Trinajstić information content (AvgIpc) is 2.68. The van der Waals surface area contributed by atoms with Crippen LogP contribution in [0.15, 0.2) is 59.5 Å². The third-order valence-electron chi connectivity index (χ3n) is 4.12. The number of carbonyl (C=O) groups is 1. The molecule has 9 nitrogen and oxygen atoms in total. The first-order valence-electron chi connectivity index (χ1n) is 8.54. The summed E-state index contributed by atoms with van der Waals surface area (Å²) < 4.78 is 26.3. The predicted molar refractivity (Wildman–Crippen MR) is 105 cm³/mol. The van der Waals surface area contributed by atoms with Crippen molar-refractivity contribution in [3.63, 3.8) is 0 Å². The lowest BCUT2D eigenvalue weighted by Crippen LogP contribution is -2.36. The van der Waals surface area contributed by atoms with Crippen LogP contribution in [0.2, 0.25) is 0 Å². The van der Waals surface area contributed by atoms with Crippen LogP contribution in [0.25, 0.3) is 0 Å². The number of nitrogens with one attached hydrogen (secondary N) is 1. The van der Waals surface area contributed by atoms with Crippen LogP contribution in [-0.4, -0.2) is 43.2 Å². The number of rotatable bonds is 9. The van der Waals surface area contributed by atoms with E-state index in [1.165, 1.54) is 25.2 Å². The molecule has 0 aliphatic carbocycles. The number of amides is 1. The standard InChI is InChI=1S/C18H22N4O5S/c1-21(28(26,27)17-12-6-5-11-16(17)22(24)25)13-7-10-15(19)18(23)20-14-8-3-2-4-9-14/h2-6,8-9,11-12,15H,7,10,13,19H2,1H3,(H,20,23). The highest BCUT2D eigenvalue weighted by Gasteiger charge is 2.29. The van der Waals surface area contributed by atoms with Crippen molar-refractivity contribution in [3.05, 3.63) is 64.7 Å². The average molecular weight is 406 g/mol. The summed E-state index contributed by atoms with van der Waals surface area (Å²) >= 11 is 0. The van der Waals surface area contributed by atoms with Crippen molar-refractivity contribution in [1.82, 2.24) is 4.31 Å².